The van der Waals surface area contributed by atoms with Gasteiger partial charge in [-0.1, -0.05) is 12.2 Å². The van der Waals surface area contributed by atoms with E-state index in [1.165, 1.54) is 11.1 Å². The number of hydrogen-bond donors (Lipinski definition) is 1. The Bertz CT molecular complexity index is 374. The smallest absolute Gasteiger partial charge is 0.136 e. The van der Waals surface area contributed by atoms with Crippen LogP contribution in [0.2, 0.25) is 0 Å². The maximum atomic E-state index is 5.49. The lowest BCUT2D eigenvalue weighted by Gasteiger charge is -2.03. The highest BCUT2D eigenvalue weighted by molar-refractivity contribution is 9.10. The molecule has 0 fully saturated rings. The summed E-state index contributed by atoms with van der Waals surface area (Å²) in [5.41, 5.74) is 7.85. The Kier molecular flexibility index (Phi) is 2.89. The molecule has 1 heterocycles. The Morgan fingerprint density at radius 2 is 2.36 bits per heavy atom. The summed E-state index contributed by atoms with van der Waals surface area (Å²) < 4.78 is 6.52. The summed E-state index contributed by atoms with van der Waals surface area (Å²) in [6.07, 6.45) is 4.98. The molecule has 0 aliphatic carbocycles. The lowest BCUT2D eigenvalue weighted by Crippen LogP contribution is -1.92. The van der Waals surface area contributed by atoms with Gasteiger partial charge >= 0.3 is 0 Å². The molecule has 2 nitrogen and oxygen atoms in total. The molecule has 0 amide bonds. The molecule has 0 spiro atoms. The molecule has 1 aliphatic heterocycles. The minimum atomic E-state index is 0.575. The van der Waals surface area contributed by atoms with E-state index in [4.69, 9.17) is 10.5 Å². The third-order valence-electron chi connectivity index (χ3n) is 2.21. The molecule has 0 atom stereocenters. The molecule has 0 unspecified atom stereocenters. The van der Waals surface area contributed by atoms with E-state index in [0.717, 1.165) is 23.2 Å². The first-order chi connectivity index (χ1) is 6.81. The van der Waals surface area contributed by atoms with E-state index >= 15 is 0 Å². The second kappa shape index (κ2) is 4.15. The number of ether oxygens (including phenoxy) is 1. The average molecular weight is 254 g/mol. The van der Waals surface area contributed by atoms with Gasteiger partial charge in [0, 0.05) is 13.0 Å². The summed E-state index contributed by atoms with van der Waals surface area (Å²) in [5, 5.41) is 0. The fourth-order valence-electron chi connectivity index (χ4n) is 1.58. The van der Waals surface area contributed by atoms with Gasteiger partial charge in [-0.25, -0.2) is 0 Å². The van der Waals surface area contributed by atoms with E-state index in [9.17, 15) is 0 Å². The van der Waals surface area contributed by atoms with Crippen LogP contribution in [0.5, 0.6) is 5.75 Å². The molecule has 1 aromatic carbocycles. The van der Waals surface area contributed by atoms with Crippen LogP contribution in [0, 0.1) is 0 Å². The summed E-state index contributed by atoms with van der Waals surface area (Å²) in [6, 6.07) is 4.20. The van der Waals surface area contributed by atoms with Crippen LogP contribution in [0.4, 0.5) is 0 Å². The Labute approximate surface area is 91.9 Å². The fraction of sp³-hybridized carbons (Fsp3) is 0.273. The number of nitrogens with two attached hydrogens (primary N) is 1. The minimum Gasteiger partial charge on any atom is -0.492 e. The van der Waals surface area contributed by atoms with Gasteiger partial charge in [-0.15, -0.1) is 0 Å². The van der Waals surface area contributed by atoms with Crippen molar-refractivity contribution >= 4 is 22.0 Å². The largest absolute Gasteiger partial charge is 0.492 e. The van der Waals surface area contributed by atoms with Crippen molar-refractivity contribution in [3.8, 4) is 5.75 Å². The number of benzene rings is 1. The standard InChI is InChI=1S/C11H12BrNO/c12-10-7-8(2-1-4-13)6-9-3-5-14-11(9)10/h1-2,6-7H,3-5,13H2/b2-1+. The molecule has 1 aliphatic rings. The molecule has 1 aromatic rings. The van der Waals surface area contributed by atoms with Gasteiger partial charge in [0.05, 0.1) is 11.1 Å². The second-order valence-corrected chi connectivity index (χ2v) is 4.08. The molecular weight excluding hydrogens is 242 g/mol. The van der Waals surface area contributed by atoms with E-state index in [2.05, 4.69) is 28.1 Å². The molecule has 74 valence electrons. The number of rotatable bonds is 2. The van der Waals surface area contributed by atoms with E-state index in [-0.39, 0.29) is 0 Å². The molecule has 2 rings (SSSR count). The summed E-state index contributed by atoms with van der Waals surface area (Å²) in [7, 11) is 0. The van der Waals surface area contributed by atoms with Gasteiger partial charge in [0.15, 0.2) is 0 Å². The molecule has 3 heteroatoms. The first-order valence-corrected chi connectivity index (χ1v) is 5.42. The Morgan fingerprint density at radius 1 is 1.50 bits per heavy atom. The topological polar surface area (TPSA) is 35.2 Å². The molecule has 2 N–H and O–H groups in total. The SMILES string of the molecule is NC/C=C/c1cc(Br)c2c(c1)CCO2. The van der Waals surface area contributed by atoms with Gasteiger partial charge < -0.3 is 10.5 Å². The van der Waals surface area contributed by atoms with Gasteiger partial charge in [0.2, 0.25) is 0 Å². The molecule has 0 bridgehead atoms. The van der Waals surface area contributed by atoms with E-state index in [0.29, 0.717) is 6.54 Å². The van der Waals surface area contributed by atoms with Crippen molar-refractivity contribution in [3.63, 3.8) is 0 Å². The highest BCUT2D eigenvalue weighted by Gasteiger charge is 2.15. The summed E-state index contributed by atoms with van der Waals surface area (Å²) >= 11 is 3.50. The predicted molar refractivity (Wildman–Crippen MR) is 61.4 cm³/mol. The molecule has 0 aromatic heterocycles. The first kappa shape index (κ1) is 9.74. The van der Waals surface area contributed by atoms with Crippen LogP contribution in [-0.2, 0) is 6.42 Å². The van der Waals surface area contributed by atoms with Crippen LogP contribution in [0.1, 0.15) is 11.1 Å². The molecule has 0 radical (unpaired) electrons. The van der Waals surface area contributed by atoms with Crippen molar-refractivity contribution < 1.29 is 4.74 Å². The van der Waals surface area contributed by atoms with Gasteiger partial charge in [0.1, 0.15) is 5.75 Å². The molecule has 0 saturated carbocycles. The minimum absolute atomic E-state index is 0.575. The summed E-state index contributed by atoms with van der Waals surface area (Å²) in [5.74, 6) is 0.995. The van der Waals surface area contributed by atoms with Crippen molar-refractivity contribution in [3.05, 3.63) is 33.8 Å². The van der Waals surface area contributed by atoms with Crippen LogP contribution in [0.15, 0.2) is 22.7 Å². The van der Waals surface area contributed by atoms with Crippen LogP contribution < -0.4 is 10.5 Å². The van der Waals surface area contributed by atoms with Crippen molar-refractivity contribution in [2.75, 3.05) is 13.2 Å². The highest BCUT2D eigenvalue weighted by Crippen LogP contribution is 2.35. The van der Waals surface area contributed by atoms with Crippen LogP contribution in [0.25, 0.3) is 6.08 Å². The Balaban J connectivity index is 2.37. The monoisotopic (exact) mass is 253 g/mol. The Morgan fingerprint density at radius 3 is 3.14 bits per heavy atom. The quantitative estimate of drug-likeness (QED) is 0.879. The first-order valence-electron chi connectivity index (χ1n) is 4.63. The van der Waals surface area contributed by atoms with Crippen LogP contribution in [0.3, 0.4) is 0 Å². The van der Waals surface area contributed by atoms with Crippen LogP contribution in [-0.4, -0.2) is 13.2 Å². The lowest BCUT2D eigenvalue weighted by atomic mass is 10.1. The molecule has 14 heavy (non-hydrogen) atoms. The van der Waals surface area contributed by atoms with Gasteiger partial charge in [-0.3, -0.25) is 0 Å². The maximum Gasteiger partial charge on any atom is 0.136 e. The third-order valence-corrected chi connectivity index (χ3v) is 2.80. The van der Waals surface area contributed by atoms with E-state index in [1.54, 1.807) is 0 Å². The lowest BCUT2D eigenvalue weighted by molar-refractivity contribution is 0.355. The van der Waals surface area contributed by atoms with Crippen LogP contribution >= 0.6 is 15.9 Å². The highest BCUT2D eigenvalue weighted by atomic mass is 79.9. The number of halogens is 1. The van der Waals surface area contributed by atoms with Crippen molar-refractivity contribution in [1.29, 1.82) is 0 Å². The average Bonchev–Trinajstić information content (AvgIpc) is 2.63. The summed E-state index contributed by atoms with van der Waals surface area (Å²) in [4.78, 5) is 0. The van der Waals surface area contributed by atoms with Gasteiger partial charge in [-0.05, 0) is 39.2 Å². The van der Waals surface area contributed by atoms with E-state index in [1.807, 2.05) is 12.2 Å². The normalized spacial score (nSPS) is 14.4. The van der Waals surface area contributed by atoms with Crippen molar-refractivity contribution in [2.45, 2.75) is 6.42 Å². The van der Waals surface area contributed by atoms with Gasteiger partial charge in [-0.2, -0.15) is 0 Å². The fourth-order valence-corrected chi connectivity index (χ4v) is 2.22. The Hall–Kier alpha value is -0.800. The zero-order valence-electron chi connectivity index (χ0n) is 7.79. The summed E-state index contributed by atoms with van der Waals surface area (Å²) in [6.45, 7) is 1.36. The van der Waals surface area contributed by atoms with Crippen molar-refractivity contribution in [2.24, 2.45) is 5.73 Å². The maximum absolute atomic E-state index is 5.49. The van der Waals surface area contributed by atoms with E-state index < -0.39 is 0 Å². The van der Waals surface area contributed by atoms with Crippen molar-refractivity contribution in [1.82, 2.24) is 0 Å². The number of fused-ring (bicyclic) bond motifs is 1. The number of hydrogen-bond acceptors (Lipinski definition) is 2. The molecule has 0 saturated heterocycles. The third kappa shape index (κ3) is 1.83. The predicted octanol–water partition coefficient (Wildman–Crippen LogP) is 2.36. The zero-order chi connectivity index (χ0) is 9.97. The van der Waals surface area contributed by atoms with Gasteiger partial charge in [0.25, 0.3) is 0 Å². The zero-order valence-corrected chi connectivity index (χ0v) is 9.38. The second-order valence-electron chi connectivity index (χ2n) is 3.23. The molecular formula is C11H12BrNO.